The minimum absolute atomic E-state index is 0.121. The van der Waals surface area contributed by atoms with Crippen molar-refractivity contribution in [2.24, 2.45) is 0 Å². The fraction of sp³-hybridized carbons (Fsp3) is 0.467. The molecule has 0 aliphatic rings. The van der Waals surface area contributed by atoms with Gasteiger partial charge in [0.1, 0.15) is 5.00 Å². The van der Waals surface area contributed by atoms with Gasteiger partial charge in [-0.2, -0.15) is 0 Å². The molecular formula is C15H20N2O6S. The van der Waals surface area contributed by atoms with E-state index in [2.05, 4.69) is 10.6 Å². The number of hydrogen-bond acceptors (Lipinski definition) is 7. The van der Waals surface area contributed by atoms with Gasteiger partial charge in [0.05, 0.1) is 17.0 Å². The number of carbonyl (C=O) groups is 4. The summed E-state index contributed by atoms with van der Waals surface area (Å²) in [7, 11) is 1.47. The van der Waals surface area contributed by atoms with Crippen LogP contribution in [0.2, 0.25) is 0 Å². The van der Waals surface area contributed by atoms with E-state index in [-0.39, 0.29) is 29.5 Å². The van der Waals surface area contributed by atoms with Crippen LogP contribution >= 0.6 is 11.3 Å². The van der Waals surface area contributed by atoms with Crippen molar-refractivity contribution in [1.29, 1.82) is 0 Å². The van der Waals surface area contributed by atoms with Gasteiger partial charge in [-0.05, 0) is 19.4 Å². The third-order valence-corrected chi connectivity index (χ3v) is 4.17. The third kappa shape index (κ3) is 4.79. The van der Waals surface area contributed by atoms with Crippen LogP contribution < -0.4 is 10.6 Å². The van der Waals surface area contributed by atoms with Crippen LogP contribution in [0, 0.1) is 6.92 Å². The first-order chi connectivity index (χ1) is 11.3. The van der Waals surface area contributed by atoms with E-state index >= 15 is 0 Å². The van der Waals surface area contributed by atoms with E-state index in [1.54, 1.807) is 20.8 Å². The number of ether oxygens (including phenoxy) is 2. The Kier molecular flexibility index (Phi) is 7.37. The minimum Gasteiger partial charge on any atom is -0.462 e. The van der Waals surface area contributed by atoms with Crippen molar-refractivity contribution in [1.82, 2.24) is 5.32 Å². The Bertz CT molecular complexity index is 653. The molecule has 0 aromatic carbocycles. The molecule has 0 aliphatic heterocycles. The van der Waals surface area contributed by atoms with E-state index in [1.165, 1.54) is 7.05 Å². The molecule has 1 rings (SSSR count). The molecule has 0 fully saturated rings. The second-order valence-corrected chi connectivity index (χ2v) is 5.64. The van der Waals surface area contributed by atoms with Gasteiger partial charge in [-0.3, -0.25) is 14.4 Å². The summed E-state index contributed by atoms with van der Waals surface area (Å²) in [6, 6.07) is 0. The number of anilines is 1. The summed E-state index contributed by atoms with van der Waals surface area (Å²) in [5.74, 6) is -2.13. The van der Waals surface area contributed by atoms with Crippen LogP contribution in [0.5, 0.6) is 0 Å². The van der Waals surface area contributed by atoms with Crippen LogP contribution in [0.3, 0.4) is 0 Å². The van der Waals surface area contributed by atoms with Gasteiger partial charge >= 0.3 is 11.9 Å². The van der Waals surface area contributed by atoms with Crippen LogP contribution in [0.25, 0.3) is 0 Å². The molecule has 9 heteroatoms. The molecule has 2 amide bonds. The van der Waals surface area contributed by atoms with Crippen molar-refractivity contribution in [3.05, 3.63) is 16.0 Å². The summed E-state index contributed by atoms with van der Waals surface area (Å²) >= 11 is 0.956. The number of hydrogen-bond donors (Lipinski definition) is 2. The normalized spacial score (nSPS) is 10.0. The van der Waals surface area contributed by atoms with Crippen LogP contribution in [0.15, 0.2) is 0 Å². The van der Waals surface area contributed by atoms with Crippen molar-refractivity contribution in [3.63, 3.8) is 0 Å². The van der Waals surface area contributed by atoms with Crippen LogP contribution in [-0.2, 0) is 19.1 Å². The first kappa shape index (κ1) is 19.6. The zero-order valence-electron chi connectivity index (χ0n) is 14.0. The van der Waals surface area contributed by atoms with Gasteiger partial charge < -0.3 is 20.1 Å². The summed E-state index contributed by atoms with van der Waals surface area (Å²) in [4.78, 5) is 47.3. The van der Waals surface area contributed by atoms with Crippen LogP contribution in [-0.4, -0.2) is 44.0 Å². The molecule has 0 saturated carbocycles. The highest BCUT2D eigenvalue weighted by molar-refractivity contribution is 7.18. The third-order valence-electron chi connectivity index (χ3n) is 2.97. The lowest BCUT2D eigenvalue weighted by Crippen LogP contribution is -2.21. The standard InChI is InChI=1S/C15H20N2O6S/c1-5-10(19)23-7-9(18)17-14-11(15(21)22-6-2)8(3)12(24-14)13(20)16-4/h5-7H2,1-4H3,(H,16,20)(H,17,18). The molecule has 0 bridgehead atoms. The van der Waals surface area contributed by atoms with Gasteiger partial charge in [-0.15, -0.1) is 11.3 Å². The highest BCUT2D eigenvalue weighted by atomic mass is 32.1. The van der Waals surface area contributed by atoms with E-state index in [4.69, 9.17) is 9.47 Å². The first-order valence-corrected chi connectivity index (χ1v) is 8.15. The summed E-state index contributed by atoms with van der Waals surface area (Å²) in [5.41, 5.74) is 0.536. The molecule has 8 nitrogen and oxygen atoms in total. The first-order valence-electron chi connectivity index (χ1n) is 7.33. The van der Waals surface area contributed by atoms with Gasteiger partial charge in [-0.1, -0.05) is 6.92 Å². The predicted octanol–water partition coefficient (Wildman–Crippen LogP) is 1.48. The second-order valence-electron chi connectivity index (χ2n) is 4.62. The number of esters is 2. The van der Waals surface area contributed by atoms with E-state index in [1.807, 2.05) is 0 Å². The lowest BCUT2D eigenvalue weighted by atomic mass is 10.1. The lowest BCUT2D eigenvalue weighted by Gasteiger charge is -2.07. The summed E-state index contributed by atoms with van der Waals surface area (Å²) < 4.78 is 9.71. The Labute approximate surface area is 143 Å². The number of nitrogens with one attached hydrogen (secondary N) is 2. The molecule has 0 unspecified atom stereocenters. The molecule has 1 aromatic heterocycles. The van der Waals surface area contributed by atoms with E-state index in [9.17, 15) is 19.2 Å². The molecule has 1 aromatic rings. The smallest absolute Gasteiger partial charge is 0.341 e. The number of amides is 2. The Morgan fingerprint density at radius 3 is 2.33 bits per heavy atom. The topological polar surface area (TPSA) is 111 Å². The quantitative estimate of drug-likeness (QED) is 0.716. The van der Waals surface area contributed by atoms with Crippen molar-refractivity contribution < 1.29 is 28.7 Å². The molecule has 132 valence electrons. The highest BCUT2D eigenvalue weighted by Gasteiger charge is 2.26. The fourth-order valence-electron chi connectivity index (χ4n) is 1.79. The average molecular weight is 356 g/mol. The zero-order chi connectivity index (χ0) is 18.3. The van der Waals surface area contributed by atoms with Gasteiger partial charge in [0.2, 0.25) is 0 Å². The largest absolute Gasteiger partial charge is 0.462 e. The molecule has 24 heavy (non-hydrogen) atoms. The lowest BCUT2D eigenvalue weighted by molar-refractivity contribution is -0.146. The number of carbonyl (C=O) groups excluding carboxylic acids is 4. The molecule has 0 spiro atoms. The average Bonchev–Trinajstić information content (AvgIpc) is 2.88. The zero-order valence-corrected chi connectivity index (χ0v) is 14.8. The molecule has 2 N–H and O–H groups in total. The Balaban J connectivity index is 3.07. The monoisotopic (exact) mass is 356 g/mol. The van der Waals surface area contributed by atoms with Gasteiger partial charge in [0, 0.05) is 13.5 Å². The van der Waals surface area contributed by atoms with Crippen molar-refractivity contribution in [2.75, 3.05) is 25.6 Å². The van der Waals surface area contributed by atoms with Crippen molar-refractivity contribution >= 4 is 40.1 Å². The van der Waals surface area contributed by atoms with Crippen molar-refractivity contribution in [2.45, 2.75) is 27.2 Å². The summed E-state index contributed by atoms with van der Waals surface area (Å²) in [5, 5.41) is 5.15. The molecule has 0 atom stereocenters. The van der Waals surface area contributed by atoms with E-state index < -0.39 is 24.5 Å². The molecule has 0 radical (unpaired) electrons. The molecule has 0 saturated heterocycles. The Morgan fingerprint density at radius 1 is 1.12 bits per heavy atom. The second kappa shape index (κ2) is 9.02. The minimum atomic E-state index is -0.637. The maximum atomic E-state index is 12.1. The Morgan fingerprint density at radius 2 is 1.79 bits per heavy atom. The maximum Gasteiger partial charge on any atom is 0.341 e. The SMILES string of the molecule is CCOC(=O)c1c(NC(=O)COC(=O)CC)sc(C(=O)NC)c1C. The van der Waals surface area contributed by atoms with E-state index in [0.29, 0.717) is 10.4 Å². The van der Waals surface area contributed by atoms with E-state index in [0.717, 1.165) is 11.3 Å². The molecule has 1 heterocycles. The highest BCUT2D eigenvalue weighted by Crippen LogP contribution is 2.33. The molecule has 0 aliphatic carbocycles. The maximum absolute atomic E-state index is 12.1. The van der Waals surface area contributed by atoms with Crippen LogP contribution in [0.1, 0.15) is 45.9 Å². The van der Waals surface area contributed by atoms with Gasteiger partial charge in [0.15, 0.2) is 6.61 Å². The van der Waals surface area contributed by atoms with Crippen molar-refractivity contribution in [3.8, 4) is 0 Å². The summed E-state index contributed by atoms with van der Waals surface area (Å²) in [6.07, 6.45) is 0.153. The van der Waals surface area contributed by atoms with Gasteiger partial charge in [-0.25, -0.2) is 4.79 Å². The fourth-order valence-corrected chi connectivity index (χ4v) is 2.95. The number of rotatable bonds is 7. The predicted molar refractivity (Wildman–Crippen MR) is 88.3 cm³/mol. The summed E-state index contributed by atoms with van der Waals surface area (Å²) in [6.45, 7) is 4.55. The number of thiophene rings is 1. The van der Waals surface area contributed by atoms with Gasteiger partial charge in [0.25, 0.3) is 11.8 Å². The Hall–Kier alpha value is -2.42. The molecular weight excluding hydrogens is 336 g/mol. The van der Waals surface area contributed by atoms with Crippen LogP contribution in [0.4, 0.5) is 5.00 Å².